The van der Waals surface area contributed by atoms with Crippen LogP contribution in [0.5, 0.6) is 0 Å². The van der Waals surface area contributed by atoms with Crippen molar-refractivity contribution < 1.29 is 14.3 Å². The lowest BCUT2D eigenvalue weighted by Crippen LogP contribution is -2.41. The molecule has 124 valence electrons. The predicted molar refractivity (Wildman–Crippen MR) is 94.1 cm³/mol. The third-order valence-electron chi connectivity index (χ3n) is 3.34. The van der Waals surface area contributed by atoms with Gasteiger partial charge in [-0.05, 0) is 25.5 Å². The van der Waals surface area contributed by atoms with Gasteiger partial charge in [0.05, 0.1) is 30.0 Å². The van der Waals surface area contributed by atoms with Gasteiger partial charge < -0.3 is 9.47 Å². The average Bonchev–Trinajstić information content (AvgIpc) is 2.98. The maximum Gasteiger partial charge on any atom is 0.257 e. The second-order valence-electron chi connectivity index (χ2n) is 5.04. The minimum absolute atomic E-state index is 0.106. The molecule has 6 heteroatoms. The molecule has 2 aromatic rings. The summed E-state index contributed by atoms with van der Waals surface area (Å²) in [5.41, 5.74) is 0.892. The summed E-state index contributed by atoms with van der Waals surface area (Å²) < 4.78 is 11.8. The van der Waals surface area contributed by atoms with E-state index >= 15 is 0 Å². The number of carbonyl (C=O) groups excluding carboxylic acids is 1. The van der Waals surface area contributed by atoms with Crippen molar-refractivity contribution >= 4 is 32.6 Å². The predicted octanol–water partition coefficient (Wildman–Crippen LogP) is 3.26. The van der Waals surface area contributed by atoms with Crippen LogP contribution in [-0.4, -0.2) is 43.9 Å². The van der Waals surface area contributed by atoms with Gasteiger partial charge in [0.25, 0.3) is 5.91 Å². The minimum Gasteiger partial charge on any atom is -0.383 e. The molecular weight excluding hydrogens is 312 g/mol. The monoisotopic (exact) mass is 334 g/mol. The number of methoxy groups -OCH3 is 1. The first-order valence-electron chi connectivity index (χ1n) is 7.55. The number of ether oxygens (including phenoxy) is 2. The third-order valence-corrected chi connectivity index (χ3v) is 4.40. The van der Waals surface area contributed by atoms with Crippen LogP contribution >= 0.6 is 11.3 Å². The summed E-state index contributed by atoms with van der Waals surface area (Å²) in [4.78, 5) is 18.9. The Bertz CT molecular complexity index is 623. The molecule has 0 saturated carbocycles. The van der Waals surface area contributed by atoms with Gasteiger partial charge in [-0.25, -0.2) is 4.98 Å². The summed E-state index contributed by atoms with van der Waals surface area (Å²) >= 11 is 1.50. The van der Waals surface area contributed by atoms with Crippen molar-refractivity contribution in [3.63, 3.8) is 0 Å². The van der Waals surface area contributed by atoms with Crippen molar-refractivity contribution in [3.05, 3.63) is 36.9 Å². The Morgan fingerprint density at radius 1 is 1.43 bits per heavy atom. The Kier molecular flexibility index (Phi) is 6.70. The highest BCUT2D eigenvalue weighted by atomic mass is 32.1. The van der Waals surface area contributed by atoms with Gasteiger partial charge in [0.2, 0.25) is 0 Å². The van der Waals surface area contributed by atoms with E-state index in [1.54, 1.807) is 25.0 Å². The third kappa shape index (κ3) is 4.60. The lowest BCUT2D eigenvalue weighted by molar-refractivity contribution is -0.129. The summed E-state index contributed by atoms with van der Waals surface area (Å²) in [6.45, 7) is 6.79. The van der Waals surface area contributed by atoms with Crippen LogP contribution in [0.1, 0.15) is 13.3 Å². The molecule has 0 aliphatic carbocycles. The summed E-state index contributed by atoms with van der Waals surface area (Å²) in [5, 5.41) is 0.674. The molecule has 5 nitrogen and oxygen atoms in total. The van der Waals surface area contributed by atoms with Crippen LogP contribution in [0.3, 0.4) is 0 Å². The summed E-state index contributed by atoms with van der Waals surface area (Å²) in [6, 6.07) is 7.85. The van der Waals surface area contributed by atoms with Crippen LogP contribution in [0.15, 0.2) is 36.9 Å². The second kappa shape index (κ2) is 8.76. The quantitative estimate of drug-likeness (QED) is 0.522. The van der Waals surface area contributed by atoms with Crippen molar-refractivity contribution in [2.24, 2.45) is 0 Å². The Morgan fingerprint density at radius 2 is 2.22 bits per heavy atom. The summed E-state index contributed by atoms with van der Waals surface area (Å²) in [5.74, 6) is -0.106. The molecule has 1 unspecified atom stereocenters. The van der Waals surface area contributed by atoms with E-state index in [-0.39, 0.29) is 5.91 Å². The average molecular weight is 334 g/mol. The lowest BCUT2D eigenvalue weighted by atomic mass is 10.3. The highest BCUT2D eigenvalue weighted by Gasteiger charge is 2.24. The zero-order valence-corrected chi connectivity index (χ0v) is 14.3. The van der Waals surface area contributed by atoms with Crippen molar-refractivity contribution in [3.8, 4) is 0 Å². The molecule has 23 heavy (non-hydrogen) atoms. The normalized spacial score (nSPS) is 12.3. The maximum atomic E-state index is 12.7. The summed E-state index contributed by atoms with van der Waals surface area (Å²) in [6.07, 6.45) is 1.96. The number of carbonyl (C=O) groups is 1. The van der Waals surface area contributed by atoms with Gasteiger partial charge in [-0.2, -0.15) is 0 Å². The molecule has 1 atom stereocenters. The maximum absolute atomic E-state index is 12.7. The SMILES string of the molecule is C=CCCOC(C)C(=O)N(CCOC)c1nc2ccccc2s1. The van der Waals surface area contributed by atoms with Gasteiger partial charge in [0.15, 0.2) is 5.13 Å². The molecule has 0 bridgehead atoms. The number of hydrogen-bond donors (Lipinski definition) is 0. The van der Waals surface area contributed by atoms with Gasteiger partial charge >= 0.3 is 0 Å². The number of benzene rings is 1. The molecular formula is C17H22N2O3S. The standard InChI is InChI=1S/C17H22N2O3S/c1-4-5-11-22-13(2)16(20)19(10-12-21-3)17-18-14-8-6-7-9-15(14)23-17/h4,6-9,13H,1,5,10-12H2,2-3H3. The van der Waals surface area contributed by atoms with Gasteiger partial charge in [-0.1, -0.05) is 29.5 Å². The van der Waals surface area contributed by atoms with Crippen LogP contribution in [0.2, 0.25) is 0 Å². The van der Waals surface area contributed by atoms with Crippen molar-refractivity contribution in [1.29, 1.82) is 0 Å². The molecule has 2 rings (SSSR count). The highest BCUT2D eigenvalue weighted by Crippen LogP contribution is 2.29. The van der Waals surface area contributed by atoms with Crippen LogP contribution in [-0.2, 0) is 14.3 Å². The zero-order valence-electron chi connectivity index (χ0n) is 13.5. The first-order chi connectivity index (χ1) is 11.2. The fourth-order valence-electron chi connectivity index (χ4n) is 2.08. The molecule has 0 N–H and O–H groups in total. The van der Waals surface area contributed by atoms with Gasteiger partial charge in [0.1, 0.15) is 6.10 Å². The number of amides is 1. The van der Waals surface area contributed by atoms with Crippen molar-refractivity contribution in [2.75, 3.05) is 31.8 Å². The fourth-order valence-corrected chi connectivity index (χ4v) is 3.07. The lowest BCUT2D eigenvalue weighted by Gasteiger charge is -2.23. The number of anilines is 1. The molecule has 0 saturated heterocycles. The van der Waals surface area contributed by atoms with E-state index < -0.39 is 6.10 Å². The first-order valence-corrected chi connectivity index (χ1v) is 8.37. The number of nitrogens with zero attached hydrogens (tertiary/aromatic N) is 2. The molecule has 0 fully saturated rings. The smallest absolute Gasteiger partial charge is 0.257 e. The van der Waals surface area contributed by atoms with Crippen LogP contribution in [0.25, 0.3) is 10.2 Å². The van der Waals surface area contributed by atoms with E-state index in [2.05, 4.69) is 11.6 Å². The van der Waals surface area contributed by atoms with E-state index in [0.29, 0.717) is 24.9 Å². The van der Waals surface area contributed by atoms with Crippen LogP contribution in [0, 0.1) is 0 Å². The van der Waals surface area contributed by atoms with E-state index in [0.717, 1.165) is 16.6 Å². The molecule has 1 amide bonds. The number of rotatable bonds is 9. The molecule has 1 aromatic carbocycles. The van der Waals surface area contributed by atoms with E-state index in [1.807, 2.05) is 24.3 Å². The Balaban J connectivity index is 2.17. The number of fused-ring (bicyclic) bond motifs is 1. The highest BCUT2D eigenvalue weighted by molar-refractivity contribution is 7.22. The molecule has 0 spiro atoms. The molecule has 0 aliphatic heterocycles. The molecule has 1 heterocycles. The van der Waals surface area contributed by atoms with Crippen molar-refractivity contribution in [2.45, 2.75) is 19.4 Å². The second-order valence-corrected chi connectivity index (χ2v) is 6.05. The van der Waals surface area contributed by atoms with Crippen molar-refractivity contribution in [1.82, 2.24) is 4.98 Å². The Hall–Kier alpha value is -1.76. The van der Waals surface area contributed by atoms with Crippen LogP contribution < -0.4 is 4.90 Å². The number of aromatic nitrogens is 1. The number of thiazole rings is 1. The molecule has 0 radical (unpaired) electrons. The number of para-hydroxylation sites is 1. The Morgan fingerprint density at radius 3 is 2.91 bits per heavy atom. The minimum atomic E-state index is -0.529. The van der Waals surface area contributed by atoms with E-state index in [1.165, 1.54) is 11.3 Å². The van der Waals surface area contributed by atoms with E-state index in [9.17, 15) is 4.79 Å². The largest absolute Gasteiger partial charge is 0.383 e. The fraction of sp³-hybridized carbons (Fsp3) is 0.412. The van der Waals surface area contributed by atoms with Crippen LogP contribution in [0.4, 0.5) is 5.13 Å². The Labute approximate surface area is 140 Å². The van der Waals surface area contributed by atoms with Gasteiger partial charge in [-0.15, -0.1) is 6.58 Å². The zero-order chi connectivity index (χ0) is 16.7. The van der Waals surface area contributed by atoms with Gasteiger partial charge in [-0.3, -0.25) is 9.69 Å². The number of hydrogen-bond acceptors (Lipinski definition) is 5. The topological polar surface area (TPSA) is 51.7 Å². The van der Waals surface area contributed by atoms with Gasteiger partial charge in [0, 0.05) is 7.11 Å². The summed E-state index contributed by atoms with van der Waals surface area (Å²) in [7, 11) is 1.62. The van der Waals surface area contributed by atoms with E-state index in [4.69, 9.17) is 9.47 Å². The molecule has 1 aromatic heterocycles. The first kappa shape index (κ1) is 17.6. The molecule has 0 aliphatic rings.